The van der Waals surface area contributed by atoms with Crippen molar-refractivity contribution >= 4 is 52.4 Å². The lowest BCUT2D eigenvalue weighted by Crippen LogP contribution is -2.40. The molecule has 6 rings (SSSR count). The van der Waals surface area contributed by atoms with Gasteiger partial charge in [0, 0.05) is 26.6 Å². The second kappa shape index (κ2) is 14.5. The van der Waals surface area contributed by atoms with Crippen molar-refractivity contribution in [2.75, 3.05) is 20.0 Å². The lowest BCUT2D eigenvalue weighted by Gasteiger charge is -2.26. The van der Waals surface area contributed by atoms with Crippen LogP contribution in [0.3, 0.4) is 0 Å². The van der Waals surface area contributed by atoms with Crippen molar-refractivity contribution in [1.29, 1.82) is 0 Å². The number of hydrogen-bond acceptors (Lipinski definition) is 8. The van der Waals surface area contributed by atoms with Gasteiger partial charge in [-0.1, -0.05) is 95.7 Å². The van der Waals surface area contributed by atoms with Gasteiger partial charge in [0.15, 0.2) is 16.3 Å². The maximum atomic E-state index is 14.4. The minimum Gasteiger partial charge on any atom is -0.493 e. The van der Waals surface area contributed by atoms with Crippen LogP contribution in [0, 0.1) is 0 Å². The Hall–Kier alpha value is -4.57. The molecule has 4 aromatic carbocycles. The van der Waals surface area contributed by atoms with Crippen molar-refractivity contribution < 1.29 is 19.0 Å². The van der Waals surface area contributed by atoms with Crippen LogP contribution in [0.2, 0.25) is 5.02 Å². The summed E-state index contributed by atoms with van der Waals surface area (Å²) in [5.41, 5.74) is 3.48. The van der Waals surface area contributed by atoms with Gasteiger partial charge in [-0.05, 0) is 49.1 Å². The molecule has 47 heavy (non-hydrogen) atoms. The summed E-state index contributed by atoms with van der Waals surface area (Å²) >= 11 is 9.26. The predicted molar refractivity (Wildman–Crippen MR) is 188 cm³/mol. The maximum Gasteiger partial charge on any atom is 0.338 e. The van der Waals surface area contributed by atoms with Crippen molar-refractivity contribution in [3.8, 4) is 11.5 Å². The zero-order chi connectivity index (χ0) is 32.9. The molecule has 0 fully saturated rings. The standard InChI is InChI=1S/C37H31ClN2O5S2/c1-4-44-36(42)31-32(23-11-6-5-7-12-23)39-37-40(33(31)24-17-19-27(46-3)20-18-24)35(41)30(47-37)21-25-14-10-16-29(43-2)34(25)45-22-26-13-8-9-15-28(26)38/h5-21,33H,4,22H2,1-3H3/b30-21-/t33-/m1/s1. The second-order valence-electron chi connectivity index (χ2n) is 10.5. The van der Waals surface area contributed by atoms with Crippen LogP contribution in [-0.2, 0) is 16.1 Å². The third-order valence-electron chi connectivity index (χ3n) is 7.65. The minimum absolute atomic E-state index is 0.180. The number of halogens is 1. The Bertz CT molecular complexity index is 2140. The van der Waals surface area contributed by atoms with E-state index in [0.29, 0.717) is 42.7 Å². The lowest BCUT2D eigenvalue weighted by molar-refractivity contribution is -0.138. The number of ether oxygens (including phenoxy) is 3. The summed E-state index contributed by atoms with van der Waals surface area (Å²) < 4.78 is 19.5. The van der Waals surface area contributed by atoms with Crippen LogP contribution in [0.25, 0.3) is 11.8 Å². The van der Waals surface area contributed by atoms with E-state index in [9.17, 15) is 9.59 Å². The van der Waals surface area contributed by atoms with E-state index in [1.54, 1.807) is 42.5 Å². The van der Waals surface area contributed by atoms with Crippen LogP contribution in [0.5, 0.6) is 11.5 Å². The van der Waals surface area contributed by atoms with E-state index in [0.717, 1.165) is 21.6 Å². The van der Waals surface area contributed by atoms with E-state index in [1.165, 1.54) is 11.3 Å². The molecule has 238 valence electrons. The van der Waals surface area contributed by atoms with E-state index in [4.69, 9.17) is 30.8 Å². The SMILES string of the molecule is CCOC(=O)C1=C(c2ccccc2)N=c2s/c(=C\c3cccc(OC)c3OCc3ccccc3Cl)c(=O)n2[C@@H]1c1ccc(SC)cc1. The third kappa shape index (κ3) is 6.65. The summed E-state index contributed by atoms with van der Waals surface area (Å²) in [7, 11) is 1.57. The van der Waals surface area contributed by atoms with Gasteiger partial charge in [-0.2, -0.15) is 0 Å². The van der Waals surface area contributed by atoms with Crippen LogP contribution in [0.4, 0.5) is 0 Å². The molecule has 10 heteroatoms. The number of hydrogen-bond donors (Lipinski definition) is 0. The Labute approximate surface area is 285 Å². The fraction of sp³-hybridized carbons (Fsp3) is 0.162. The van der Waals surface area contributed by atoms with E-state index in [2.05, 4.69) is 0 Å². The van der Waals surface area contributed by atoms with Crippen molar-refractivity contribution in [1.82, 2.24) is 4.57 Å². The van der Waals surface area contributed by atoms with Gasteiger partial charge in [-0.15, -0.1) is 11.8 Å². The number of para-hydroxylation sites is 1. The highest BCUT2D eigenvalue weighted by molar-refractivity contribution is 7.98. The minimum atomic E-state index is -0.764. The second-order valence-corrected chi connectivity index (χ2v) is 12.8. The van der Waals surface area contributed by atoms with Gasteiger partial charge in [-0.25, -0.2) is 9.79 Å². The highest BCUT2D eigenvalue weighted by atomic mass is 35.5. The molecule has 1 aliphatic rings. The topological polar surface area (TPSA) is 79.1 Å². The van der Waals surface area contributed by atoms with Crippen LogP contribution in [-0.4, -0.2) is 30.5 Å². The summed E-state index contributed by atoms with van der Waals surface area (Å²) in [6, 6.07) is 29.6. The molecule has 7 nitrogen and oxygen atoms in total. The monoisotopic (exact) mass is 682 g/mol. The van der Waals surface area contributed by atoms with Crippen molar-refractivity contribution in [2.45, 2.75) is 24.5 Å². The summed E-state index contributed by atoms with van der Waals surface area (Å²) in [4.78, 5) is 34.6. The number of fused-ring (bicyclic) bond motifs is 1. The number of thiazole rings is 1. The number of nitrogens with zero attached hydrogens (tertiary/aromatic N) is 2. The molecule has 1 aliphatic heterocycles. The van der Waals surface area contributed by atoms with E-state index < -0.39 is 12.0 Å². The first-order valence-electron chi connectivity index (χ1n) is 14.9. The van der Waals surface area contributed by atoms with Crippen LogP contribution in [0.15, 0.2) is 117 Å². The average molecular weight is 683 g/mol. The van der Waals surface area contributed by atoms with E-state index in [1.807, 2.05) is 97.3 Å². The Balaban J connectivity index is 1.55. The molecule has 1 aromatic heterocycles. The molecule has 0 aliphatic carbocycles. The molecule has 0 spiro atoms. The number of carbonyl (C=O) groups is 1. The van der Waals surface area contributed by atoms with Gasteiger partial charge in [0.05, 0.1) is 35.6 Å². The Morgan fingerprint density at radius 2 is 1.74 bits per heavy atom. The zero-order valence-corrected chi connectivity index (χ0v) is 28.3. The smallest absolute Gasteiger partial charge is 0.338 e. The van der Waals surface area contributed by atoms with Crippen molar-refractivity contribution in [3.63, 3.8) is 0 Å². The number of benzene rings is 4. The molecule has 5 aromatic rings. The fourth-order valence-corrected chi connectivity index (χ4v) is 7.00. The van der Waals surface area contributed by atoms with Crippen molar-refractivity contribution in [2.24, 2.45) is 4.99 Å². The molecule has 1 atom stereocenters. The first-order chi connectivity index (χ1) is 22.9. The highest BCUT2D eigenvalue weighted by Gasteiger charge is 2.35. The van der Waals surface area contributed by atoms with Gasteiger partial charge in [-0.3, -0.25) is 9.36 Å². The Morgan fingerprint density at radius 1 is 1.00 bits per heavy atom. The first-order valence-corrected chi connectivity index (χ1v) is 17.3. The zero-order valence-electron chi connectivity index (χ0n) is 25.9. The lowest BCUT2D eigenvalue weighted by atomic mass is 9.93. The Kier molecular flexibility index (Phi) is 9.96. The van der Waals surface area contributed by atoms with Crippen LogP contribution < -0.4 is 24.4 Å². The molecule has 0 radical (unpaired) electrons. The molecule has 2 heterocycles. The fourth-order valence-electron chi connectivity index (χ4n) is 5.41. The number of methoxy groups -OCH3 is 1. The summed E-state index contributed by atoms with van der Waals surface area (Å²) in [5, 5.41) is 0.592. The van der Waals surface area contributed by atoms with Gasteiger partial charge in [0.1, 0.15) is 6.61 Å². The molecule has 0 saturated heterocycles. The van der Waals surface area contributed by atoms with Crippen LogP contribution >= 0.6 is 34.7 Å². The number of aromatic nitrogens is 1. The predicted octanol–water partition coefficient (Wildman–Crippen LogP) is 6.90. The van der Waals surface area contributed by atoms with Crippen molar-refractivity contribution in [3.05, 3.63) is 150 Å². The number of esters is 1. The first kappa shape index (κ1) is 32.4. The molecule has 0 amide bonds. The van der Waals surface area contributed by atoms with Gasteiger partial charge in [0.25, 0.3) is 5.56 Å². The van der Waals surface area contributed by atoms with Crippen LogP contribution in [0.1, 0.15) is 35.2 Å². The molecule has 0 saturated carbocycles. The summed E-state index contributed by atoms with van der Waals surface area (Å²) in [6.45, 7) is 2.15. The van der Waals surface area contributed by atoms with E-state index in [-0.39, 0.29) is 18.8 Å². The highest BCUT2D eigenvalue weighted by Crippen LogP contribution is 2.36. The number of rotatable bonds is 10. The molecule has 0 bridgehead atoms. The van der Waals surface area contributed by atoms with E-state index >= 15 is 0 Å². The largest absolute Gasteiger partial charge is 0.493 e. The molecular weight excluding hydrogens is 652 g/mol. The van der Waals surface area contributed by atoms with Gasteiger partial charge >= 0.3 is 5.97 Å². The Morgan fingerprint density at radius 3 is 2.45 bits per heavy atom. The molecule has 0 unspecified atom stereocenters. The number of carbonyl (C=O) groups excluding carboxylic acids is 1. The maximum absolute atomic E-state index is 14.4. The van der Waals surface area contributed by atoms with Gasteiger partial charge in [0.2, 0.25) is 0 Å². The number of thioether (sulfide) groups is 1. The van der Waals surface area contributed by atoms with Gasteiger partial charge < -0.3 is 14.2 Å². The summed E-state index contributed by atoms with van der Waals surface area (Å²) in [6.07, 6.45) is 3.78. The molecular formula is C37H31ClN2O5S2. The summed E-state index contributed by atoms with van der Waals surface area (Å²) in [5.74, 6) is 0.467. The normalized spacial score (nSPS) is 14.4. The average Bonchev–Trinajstić information content (AvgIpc) is 3.41. The molecule has 0 N–H and O–H groups in total. The quantitative estimate of drug-likeness (QED) is 0.118. The third-order valence-corrected chi connectivity index (χ3v) is 9.75.